The SMILES string of the molecule is C=CCN(CC1CC(c2ccccc2)=NO1)C(=O)Nc1ccc(OC)cc1OC. The summed E-state index contributed by atoms with van der Waals surface area (Å²) in [7, 11) is 3.12. The van der Waals surface area contributed by atoms with Crippen molar-refractivity contribution in [1.29, 1.82) is 0 Å². The molecule has 1 aliphatic heterocycles. The number of ether oxygens (including phenoxy) is 2. The lowest BCUT2D eigenvalue weighted by Gasteiger charge is -2.24. The van der Waals surface area contributed by atoms with Gasteiger partial charge >= 0.3 is 6.03 Å². The molecule has 0 bridgehead atoms. The molecule has 1 N–H and O–H groups in total. The summed E-state index contributed by atoms with van der Waals surface area (Å²) < 4.78 is 10.5. The van der Waals surface area contributed by atoms with E-state index in [4.69, 9.17) is 14.3 Å². The van der Waals surface area contributed by atoms with Crippen LogP contribution in [-0.2, 0) is 4.84 Å². The third-order valence-corrected chi connectivity index (χ3v) is 4.55. The van der Waals surface area contributed by atoms with Crippen LogP contribution in [0.1, 0.15) is 12.0 Å². The topological polar surface area (TPSA) is 72.4 Å². The molecule has 2 amide bonds. The van der Waals surface area contributed by atoms with Crippen LogP contribution in [-0.4, -0.2) is 50.1 Å². The lowest BCUT2D eigenvalue weighted by atomic mass is 10.1. The maximum atomic E-state index is 12.9. The number of carbonyl (C=O) groups excluding carboxylic acids is 1. The Balaban J connectivity index is 1.64. The van der Waals surface area contributed by atoms with Gasteiger partial charge in [0.2, 0.25) is 0 Å². The number of nitrogens with one attached hydrogen (secondary N) is 1. The zero-order valence-electron chi connectivity index (χ0n) is 16.6. The van der Waals surface area contributed by atoms with Crippen LogP contribution in [0, 0.1) is 0 Å². The number of methoxy groups -OCH3 is 2. The predicted molar refractivity (Wildman–Crippen MR) is 113 cm³/mol. The zero-order valence-corrected chi connectivity index (χ0v) is 16.6. The first-order valence-electron chi connectivity index (χ1n) is 9.31. The van der Waals surface area contributed by atoms with Gasteiger partial charge in [0.15, 0.2) is 6.10 Å². The van der Waals surface area contributed by atoms with Crippen LogP contribution < -0.4 is 14.8 Å². The van der Waals surface area contributed by atoms with Crippen molar-refractivity contribution < 1.29 is 19.1 Å². The van der Waals surface area contributed by atoms with Crippen molar-refractivity contribution in [3.8, 4) is 11.5 Å². The zero-order chi connectivity index (χ0) is 20.6. The van der Waals surface area contributed by atoms with Crippen molar-refractivity contribution in [2.75, 3.05) is 32.6 Å². The standard InChI is InChI=1S/C22H25N3O4/c1-4-12-25(15-18-13-20(24-29-18)16-8-6-5-7-9-16)22(26)23-19-11-10-17(27-2)14-21(19)28-3/h4-11,14,18H,1,12-13,15H2,2-3H3,(H,23,26). The molecule has 3 rings (SSSR count). The fraction of sp³-hybridized carbons (Fsp3) is 0.273. The highest BCUT2D eigenvalue weighted by Crippen LogP contribution is 2.29. The summed E-state index contributed by atoms with van der Waals surface area (Å²) in [5.74, 6) is 1.16. The van der Waals surface area contributed by atoms with Gasteiger partial charge in [-0.1, -0.05) is 41.6 Å². The molecule has 0 radical (unpaired) electrons. The van der Waals surface area contributed by atoms with Crippen LogP contribution in [0.15, 0.2) is 66.3 Å². The van der Waals surface area contributed by atoms with Gasteiger partial charge in [0.05, 0.1) is 32.2 Å². The predicted octanol–water partition coefficient (Wildman–Crippen LogP) is 3.92. The fourth-order valence-corrected chi connectivity index (χ4v) is 3.07. The van der Waals surface area contributed by atoms with Crippen molar-refractivity contribution in [3.05, 3.63) is 66.7 Å². The Morgan fingerprint density at radius 2 is 2.07 bits per heavy atom. The third kappa shape index (κ3) is 5.07. The maximum absolute atomic E-state index is 12.9. The minimum absolute atomic E-state index is 0.214. The smallest absolute Gasteiger partial charge is 0.322 e. The van der Waals surface area contributed by atoms with Gasteiger partial charge in [0.1, 0.15) is 11.5 Å². The van der Waals surface area contributed by atoms with Gasteiger partial charge in [-0.05, 0) is 17.7 Å². The minimum atomic E-state index is -0.273. The van der Waals surface area contributed by atoms with Crippen LogP contribution >= 0.6 is 0 Å². The molecule has 0 aromatic heterocycles. The van der Waals surface area contributed by atoms with E-state index >= 15 is 0 Å². The van der Waals surface area contributed by atoms with Crippen molar-refractivity contribution in [2.24, 2.45) is 5.16 Å². The molecule has 7 nitrogen and oxygen atoms in total. The average molecular weight is 395 g/mol. The number of benzene rings is 2. The Labute approximate surface area is 170 Å². The van der Waals surface area contributed by atoms with E-state index in [1.165, 1.54) is 0 Å². The number of hydrogen-bond acceptors (Lipinski definition) is 5. The quantitative estimate of drug-likeness (QED) is 0.688. The van der Waals surface area contributed by atoms with E-state index in [9.17, 15) is 4.79 Å². The van der Waals surface area contributed by atoms with Crippen LogP contribution in [0.5, 0.6) is 11.5 Å². The summed E-state index contributed by atoms with van der Waals surface area (Å²) in [5, 5.41) is 7.07. The van der Waals surface area contributed by atoms with E-state index in [0.717, 1.165) is 11.3 Å². The van der Waals surface area contributed by atoms with Crippen LogP contribution in [0.4, 0.5) is 10.5 Å². The molecular weight excluding hydrogens is 370 g/mol. The summed E-state index contributed by atoms with van der Waals surface area (Å²) in [6, 6.07) is 14.8. The first-order chi connectivity index (χ1) is 14.1. The maximum Gasteiger partial charge on any atom is 0.322 e. The van der Waals surface area contributed by atoms with Gasteiger partial charge in [-0.3, -0.25) is 0 Å². The number of carbonyl (C=O) groups is 1. The third-order valence-electron chi connectivity index (χ3n) is 4.55. The largest absolute Gasteiger partial charge is 0.497 e. The molecule has 2 aromatic rings. The molecule has 1 unspecified atom stereocenters. The second kappa shape index (κ2) is 9.64. The number of anilines is 1. The molecule has 7 heteroatoms. The molecule has 1 atom stereocenters. The van der Waals surface area contributed by atoms with Crippen molar-refractivity contribution in [2.45, 2.75) is 12.5 Å². The molecular formula is C22H25N3O4. The van der Waals surface area contributed by atoms with Crippen molar-refractivity contribution >= 4 is 17.4 Å². The Morgan fingerprint density at radius 3 is 2.76 bits per heavy atom. The van der Waals surface area contributed by atoms with E-state index < -0.39 is 0 Å². The summed E-state index contributed by atoms with van der Waals surface area (Å²) in [4.78, 5) is 20.0. The van der Waals surface area contributed by atoms with Gasteiger partial charge in [-0.15, -0.1) is 6.58 Å². The monoisotopic (exact) mass is 395 g/mol. The molecule has 2 aromatic carbocycles. The summed E-state index contributed by atoms with van der Waals surface area (Å²) in [6.45, 7) is 4.52. The first-order valence-corrected chi connectivity index (χ1v) is 9.31. The number of rotatable bonds is 8. The molecule has 0 aliphatic carbocycles. The molecule has 1 heterocycles. The van der Waals surface area contributed by atoms with Gasteiger partial charge in [0.25, 0.3) is 0 Å². The minimum Gasteiger partial charge on any atom is -0.497 e. The van der Waals surface area contributed by atoms with Crippen LogP contribution in [0.25, 0.3) is 0 Å². The highest BCUT2D eigenvalue weighted by atomic mass is 16.6. The number of oxime groups is 1. The van der Waals surface area contributed by atoms with Gasteiger partial charge in [0, 0.05) is 19.0 Å². The number of amides is 2. The number of hydrogen-bond donors (Lipinski definition) is 1. The summed E-state index contributed by atoms with van der Waals surface area (Å²) in [5.41, 5.74) is 2.46. The molecule has 152 valence electrons. The Morgan fingerprint density at radius 1 is 1.28 bits per heavy atom. The van der Waals surface area contributed by atoms with E-state index in [1.54, 1.807) is 43.4 Å². The summed E-state index contributed by atoms with van der Waals surface area (Å²) >= 11 is 0. The van der Waals surface area contributed by atoms with Gasteiger partial charge < -0.3 is 24.5 Å². The summed E-state index contributed by atoms with van der Waals surface area (Å²) in [6.07, 6.45) is 2.10. The first kappa shape index (κ1) is 20.3. The lowest BCUT2D eigenvalue weighted by molar-refractivity contribution is 0.0645. The Hall–Kier alpha value is -3.48. The normalized spacial score (nSPS) is 15.1. The van der Waals surface area contributed by atoms with Crippen molar-refractivity contribution in [1.82, 2.24) is 4.90 Å². The molecule has 0 spiro atoms. The molecule has 0 saturated heterocycles. The van der Waals surface area contributed by atoms with Crippen LogP contribution in [0.2, 0.25) is 0 Å². The molecule has 0 saturated carbocycles. The second-order valence-corrected chi connectivity index (χ2v) is 6.53. The van der Waals surface area contributed by atoms with E-state index in [0.29, 0.717) is 36.7 Å². The van der Waals surface area contributed by atoms with Crippen LogP contribution in [0.3, 0.4) is 0 Å². The molecule has 1 aliphatic rings. The van der Waals surface area contributed by atoms with E-state index in [1.807, 2.05) is 30.3 Å². The highest BCUT2D eigenvalue weighted by Gasteiger charge is 2.26. The average Bonchev–Trinajstić information content (AvgIpc) is 3.23. The molecule has 0 fully saturated rings. The van der Waals surface area contributed by atoms with Gasteiger partial charge in [-0.25, -0.2) is 4.79 Å². The van der Waals surface area contributed by atoms with Gasteiger partial charge in [-0.2, -0.15) is 0 Å². The second-order valence-electron chi connectivity index (χ2n) is 6.53. The van der Waals surface area contributed by atoms with Crippen molar-refractivity contribution in [3.63, 3.8) is 0 Å². The number of urea groups is 1. The Bertz CT molecular complexity index is 883. The highest BCUT2D eigenvalue weighted by molar-refractivity contribution is 6.01. The molecule has 29 heavy (non-hydrogen) atoms. The number of nitrogens with zero attached hydrogens (tertiary/aromatic N) is 2. The van der Waals surface area contributed by atoms with E-state index in [-0.39, 0.29) is 12.1 Å². The van der Waals surface area contributed by atoms with E-state index in [2.05, 4.69) is 17.1 Å². The fourth-order valence-electron chi connectivity index (χ4n) is 3.07. The lowest BCUT2D eigenvalue weighted by Crippen LogP contribution is -2.40. The Kier molecular flexibility index (Phi) is 6.73.